The van der Waals surface area contributed by atoms with Crippen molar-refractivity contribution in [2.45, 2.75) is 18.6 Å². The summed E-state index contributed by atoms with van der Waals surface area (Å²) in [5.74, 6) is 0.710. The fourth-order valence-electron chi connectivity index (χ4n) is 1.98. The van der Waals surface area contributed by atoms with Gasteiger partial charge < -0.3 is 4.74 Å². The number of ether oxygens (including phenoxy) is 1. The number of carbonyl (C=O) groups is 1. The van der Waals surface area contributed by atoms with Crippen LogP contribution in [0.2, 0.25) is 0 Å². The molecule has 2 rings (SSSR count). The largest absolute Gasteiger partial charge is 0.462 e. The number of thioether (sulfide) groups is 1. The van der Waals surface area contributed by atoms with Gasteiger partial charge in [0.15, 0.2) is 0 Å². The molecule has 0 radical (unpaired) electrons. The topological polar surface area (TPSA) is 39.2 Å². The number of aromatic nitrogens is 1. The van der Waals surface area contributed by atoms with Gasteiger partial charge in [0.25, 0.3) is 0 Å². The van der Waals surface area contributed by atoms with Crippen molar-refractivity contribution in [3.05, 3.63) is 65.5 Å². The van der Waals surface area contributed by atoms with Crippen LogP contribution in [0.15, 0.2) is 48.8 Å². The average Bonchev–Trinajstić information content (AvgIpc) is 2.53. The summed E-state index contributed by atoms with van der Waals surface area (Å²) >= 11 is 1.76. The van der Waals surface area contributed by atoms with Gasteiger partial charge in [0, 0.05) is 18.1 Å². The van der Waals surface area contributed by atoms with Gasteiger partial charge in [-0.1, -0.05) is 12.1 Å². The Morgan fingerprint density at radius 2 is 1.81 bits per heavy atom. The summed E-state index contributed by atoms with van der Waals surface area (Å²) < 4.78 is 5.29. The molecule has 0 saturated heterocycles. The lowest BCUT2D eigenvalue weighted by molar-refractivity contribution is 0.0500. The number of benzene rings is 1. The summed E-state index contributed by atoms with van der Waals surface area (Å²) in [4.78, 5) is 15.9. The number of hydrogen-bond donors (Lipinski definition) is 0. The number of aryl methyl sites for hydroxylation is 1. The number of rotatable bonds is 7. The molecule has 0 amide bonds. The third kappa shape index (κ3) is 5.23. The monoisotopic (exact) mass is 301 g/mol. The van der Waals surface area contributed by atoms with Crippen molar-refractivity contribution in [2.24, 2.45) is 0 Å². The number of carbonyl (C=O) groups excluding carboxylic acids is 1. The highest BCUT2D eigenvalue weighted by Gasteiger charge is 2.06. The van der Waals surface area contributed by atoms with Gasteiger partial charge in [0.1, 0.15) is 0 Å². The Morgan fingerprint density at radius 3 is 2.48 bits per heavy atom. The van der Waals surface area contributed by atoms with E-state index in [1.165, 1.54) is 11.1 Å². The standard InChI is InChI=1S/C17H19NO2S/c1-21-13-15-4-6-16(7-5-15)17(19)20-12-2-3-14-8-10-18-11-9-14/h4-11H,2-3,12-13H2,1H3. The molecule has 3 nitrogen and oxygen atoms in total. The average molecular weight is 301 g/mol. The molecular weight excluding hydrogens is 282 g/mol. The van der Waals surface area contributed by atoms with Crippen LogP contribution in [0.4, 0.5) is 0 Å². The van der Waals surface area contributed by atoms with Crippen LogP contribution in [-0.2, 0) is 16.9 Å². The number of hydrogen-bond acceptors (Lipinski definition) is 4. The Bertz CT molecular complexity index is 555. The quantitative estimate of drug-likeness (QED) is 0.577. The molecule has 21 heavy (non-hydrogen) atoms. The number of pyridine rings is 1. The van der Waals surface area contributed by atoms with Gasteiger partial charge in [0.05, 0.1) is 12.2 Å². The van der Waals surface area contributed by atoms with E-state index in [0.717, 1.165) is 18.6 Å². The molecule has 0 aliphatic carbocycles. The van der Waals surface area contributed by atoms with Gasteiger partial charge in [-0.3, -0.25) is 4.98 Å². The molecule has 1 aromatic carbocycles. The van der Waals surface area contributed by atoms with Crippen molar-refractivity contribution in [1.29, 1.82) is 0 Å². The molecule has 4 heteroatoms. The molecular formula is C17H19NO2S. The first-order chi connectivity index (χ1) is 10.3. The van der Waals surface area contributed by atoms with Crippen LogP contribution in [0.1, 0.15) is 27.9 Å². The lowest BCUT2D eigenvalue weighted by Gasteiger charge is -2.06. The lowest BCUT2D eigenvalue weighted by atomic mass is 10.1. The first kappa shape index (κ1) is 15.6. The van der Waals surface area contributed by atoms with E-state index in [1.54, 1.807) is 24.2 Å². The molecule has 0 aliphatic heterocycles. The minimum absolute atomic E-state index is 0.250. The zero-order chi connectivity index (χ0) is 14.9. The van der Waals surface area contributed by atoms with Gasteiger partial charge in [-0.2, -0.15) is 11.8 Å². The van der Waals surface area contributed by atoms with Crippen molar-refractivity contribution in [3.8, 4) is 0 Å². The minimum atomic E-state index is -0.250. The molecule has 0 N–H and O–H groups in total. The highest BCUT2D eigenvalue weighted by Crippen LogP contribution is 2.11. The maximum Gasteiger partial charge on any atom is 0.338 e. The fourth-order valence-corrected chi connectivity index (χ4v) is 2.50. The first-order valence-electron chi connectivity index (χ1n) is 6.93. The van der Waals surface area contributed by atoms with E-state index in [1.807, 2.05) is 36.4 Å². The van der Waals surface area contributed by atoms with Crippen molar-refractivity contribution in [1.82, 2.24) is 4.98 Å². The molecule has 0 unspecified atom stereocenters. The molecule has 0 aliphatic rings. The Balaban J connectivity index is 1.74. The van der Waals surface area contributed by atoms with E-state index in [-0.39, 0.29) is 5.97 Å². The molecule has 0 atom stereocenters. The van der Waals surface area contributed by atoms with Gasteiger partial charge in [-0.15, -0.1) is 0 Å². The molecule has 0 bridgehead atoms. The molecule has 0 spiro atoms. The van der Waals surface area contributed by atoms with Crippen molar-refractivity contribution in [2.75, 3.05) is 12.9 Å². The molecule has 1 aromatic heterocycles. The maximum absolute atomic E-state index is 11.9. The second-order valence-electron chi connectivity index (χ2n) is 4.72. The van der Waals surface area contributed by atoms with Gasteiger partial charge in [0.2, 0.25) is 0 Å². The SMILES string of the molecule is CSCc1ccc(C(=O)OCCCc2ccncc2)cc1. The first-order valence-corrected chi connectivity index (χ1v) is 8.33. The van der Waals surface area contributed by atoms with Crippen LogP contribution < -0.4 is 0 Å². The Hall–Kier alpha value is -1.81. The summed E-state index contributed by atoms with van der Waals surface area (Å²) in [6.07, 6.45) is 7.32. The Morgan fingerprint density at radius 1 is 1.10 bits per heavy atom. The van der Waals surface area contributed by atoms with Gasteiger partial charge in [-0.25, -0.2) is 4.79 Å². The van der Waals surface area contributed by atoms with E-state index in [0.29, 0.717) is 12.2 Å². The van der Waals surface area contributed by atoms with Gasteiger partial charge in [-0.05, 0) is 54.5 Å². The Labute approximate surface area is 129 Å². The third-order valence-corrected chi connectivity index (χ3v) is 3.71. The lowest BCUT2D eigenvalue weighted by Crippen LogP contribution is -2.07. The summed E-state index contributed by atoms with van der Waals surface area (Å²) in [5, 5.41) is 0. The van der Waals surface area contributed by atoms with Crippen molar-refractivity contribution >= 4 is 17.7 Å². The molecule has 0 fully saturated rings. The number of nitrogens with zero attached hydrogens (tertiary/aromatic N) is 1. The zero-order valence-electron chi connectivity index (χ0n) is 12.1. The van der Waals surface area contributed by atoms with E-state index >= 15 is 0 Å². The van der Waals surface area contributed by atoms with Crippen LogP contribution in [-0.4, -0.2) is 23.8 Å². The van der Waals surface area contributed by atoms with Crippen molar-refractivity contribution < 1.29 is 9.53 Å². The van der Waals surface area contributed by atoms with Crippen LogP contribution in [0.5, 0.6) is 0 Å². The number of esters is 1. The van der Waals surface area contributed by atoms with E-state index in [9.17, 15) is 4.79 Å². The molecule has 1 heterocycles. The molecule has 110 valence electrons. The van der Waals surface area contributed by atoms with Crippen LogP contribution >= 0.6 is 11.8 Å². The molecule has 2 aromatic rings. The van der Waals surface area contributed by atoms with Crippen LogP contribution in [0.25, 0.3) is 0 Å². The van der Waals surface area contributed by atoms with E-state index in [4.69, 9.17) is 4.74 Å². The van der Waals surface area contributed by atoms with E-state index in [2.05, 4.69) is 11.2 Å². The summed E-state index contributed by atoms with van der Waals surface area (Å²) in [6, 6.07) is 11.6. The second-order valence-corrected chi connectivity index (χ2v) is 5.59. The summed E-state index contributed by atoms with van der Waals surface area (Å²) in [6.45, 7) is 0.438. The molecule has 0 saturated carbocycles. The van der Waals surface area contributed by atoms with E-state index < -0.39 is 0 Å². The maximum atomic E-state index is 11.9. The second kappa shape index (κ2) is 8.47. The summed E-state index contributed by atoms with van der Waals surface area (Å²) in [7, 11) is 0. The summed E-state index contributed by atoms with van der Waals surface area (Å²) in [5.41, 5.74) is 3.04. The Kier molecular flexibility index (Phi) is 6.28. The normalized spacial score (nSPS) is 10.3. The minimum Gasteiger partial charge on any atom is -0.462 e. The van der Waals surface area contributed by atoms with Crippen LogP contribution in [0, 0.1) is 0 Å². The third-order valence-electron chi connectivity index (χ3n) is 3.09. The van der Waals surface area contributed by atoms with Crippen molar-refractivity contribution in [3.63, 3.8) is 0 Å². The smallest absolute Gasteiger partial charge is 0.338 e. The predicted molar refractivity (Wildman–Crippen MR) is 86.5 cm³/mol. The predicted octanol–water partition coefficient (Wildman–Crippen LogP) is 3.73. The zero-order valence-corrected chi connectivity index (χ0v) is 12.9. The highest BCUT2D eigenvalue weighted by molar-refractivity contribution is 7.97. The fraction of sp³-hybridized carbons (Fsp3) is 0.294. The van der Waals surface area contributed by atoms with Crippen LogP contribution in [0.3, 0.4) is 0 Å². The highest BCUT2D eigenvalue weighted by atomic mass is 32.2. The van der Waals surface area contributed by atoms with Gasteiger partial charge >= 0.3 is 5.97 Å².